The molecule has 2 aromatic rings. The van der Waals surface area contributed by atoms with Gasteiger partial charge >= 0.3 is 0 Å². The molecular formula is C19H25ClN2O4. The minimum atomic E-state index is -0.258. The van der Waals surface area contributed by atoms with Crippen LogP contribution in [0.1, 0.15) is 12.5 Å². The van der Waals surface area contributed by atoms with E-state index in [2.05, 4.69) is 5.32 Å². The number of carbonyl (C=O) groups excluding carboxylic acids is 1. The summed E-state index contributed by atoms with van der Waals surface area (Å²) in [5.74, 6) is 1.56. The molecule has 0 bridgehead atoms. The Morgan fingerprint density at radius 3 is 2.35 bits per heavy atom. The molecule has 2 aromatic carbocycles. The van der Waals surface area contributed by atoms with E-state index in [1.54, 1.807) is 44.6 Å². The Morgan fingerprint density at radius 1 is 1.08 bits per heavy atom. The molecule has 1 atom stereocenters. The van der Waals surface area contributed by atoms with Crippen LogP contribution in [-0.2, 0) is 11.2 Å². The monoisotopic (exact) mass is 380 g/mol. The molecule has 0 saturated carbocycles. The van der Waals surface area contributed by atoms with Crippen molar-refractivity contribution in [3.05, 3.63) is 48.0 Å². The topological polar surface area (TPSA) is 82.8 Å². The molecule has 0 aromatic heterocycles. The van der Waals surface area contributed by atoms with Crippen LogP contribution in [-0.4, -0.2) is 32.8 Å². The number of carbonyl (C=O) groups is 1. The first kappa shape index (κ1) is 21.6. The van der Waals surface area contributed by atoms with Gasteiger partial charge in [-0.2, -0.15) is 0 Å². The van der Waals surface area contributed by atoms with Gasteiger partial charge in [-0.25, -0.2) is 0 Å². The number of amides is 1. The van der Waals surface area contributed by atoms with Crippen LogP contribution < -0.4 is 25.3 Å². The van der Waals surface area contributed by atoms with Gasteiger partial charge in [-0.3, -0.25) is 4.79 Å². The third-order valence-corrected chi connectivity index (χ3v) is 3.52. The highest BCUT2D eigenvalue weighted by Gasteiger charge is 2.10. The first-order valence-electron chi connectivity index (χ1n) is 8.01. The SMILES string of the molecule is COc1ccc(NC(=O)COc2ccc(CC(C)N)cc2OC)cc1.Cl. The lowest BCUT2D eigenvalue weighted by Crippen LogP contribution is -2.20. The molecule has 3 N–H and O–H groups in total. The second-order valence-electron chi connectivity index (χ2n) is 5.73. The molecule has 0 aliphatic rings. The van der Waals surface area contributed by atoms with Crippen LogP contribution in [0.5, 0.6) is 17.2 Å². The van der Waals surface area contributed by atoms with Gasteiger partial charge in [0.25, 0.3) is 5.91 Å². The zero-order chi connectivity index (χ0) is 18.2. The largest absolute Gasteiger partial charge is 0.497 e. The van der Waals surface area contributed by atoms with Crippen molar-refractivity contribution in [1.29, 1.82) is 0 Å². The smallest absolute Gasteiger partial charge is 0.262 e. The predicted octanol–water partition coefficient (Wildman–Crippen LogP) is 3.03. The van der Waals surface area contributed by atoms with Gasteiger partial charge in [-0.05, 0) is 55.3 Å². The Morgan fingerprint density at radius 2 is 1.77 bits per heavy atom. The van der Waals surface area contributed by atoms with E-state index >= 15 is 0 Å². The predicted molar refractivity (Wildman–Crippen MR) is 105 cm³/mol. The van der Waals surface area contributed by atoms with Crippen LogP contribution in [0.25, 0.3) is 0 Å². The van der Waals surface area contributed by atoms with Crippen molar-refractivity contribution in [3.8, 4) is 17.2 Å². The molecule has 0 saturated heterocycles. The number of rotatable bonds is 8. The molecule has 0 fully saturated rings. The number of anilines is 1. The first-order valence-corrected chi connectivity index (χ1v) is 8.01. The van der Waals surface area contributed by atoms with Crippen LogP contribution in [0.15, 0.2) is 42.5 Å². The molecule has 26 heavy (non-hydrogen) atoms. The molecule has 0 heterocycles. The van der Waals surface area contributed by atoms with Gasteiger partial charge in [0.1, 0.15) is 5.75 Å². The highest BCUT2D eigenvalue weighted by Crippen LogP contribution is 2.28. The van der Waals surface area contributed by atoms with Gasteiger partial charge in [-0.15, -0.1) is 12.4 Å². The lowest BCUT2D eigenvalue weighted by Gasteiger charge is -2.13. The Kier molecular flexibility index (Phi) is 8.75. The lowest BCUT2D eigenvalue weighted by atomic mass is 10.1. The van der Waals surface area contributed by atoms with E-state index < -0.39 is 0 Å². The molecule has 2 rings (SSSR count). The molecule has 6 nitrogen and oxygen atoms in total. The standard InChI is InChI=1S/C19H24N2O4.ClH/c1-13(20)10-14-4-9-17(18(11-14)24-3)25-12-19(22)21-15-5-7-16(23-2)8-6-15;/h4-9,11,13H,10,12,20H2,1-3H3,(H,21,22);1H. The number of nitrogens with one attached hydrogen (secondary N) is 1. The van der Waals surface area contributed by atoms with E-state index in [9.17, 15) is 4.79 Å². The zero-order valence-electron chi connectivity index (χ0n) is 15.2. The normalized spacial score (nSPS) is 11.1. The number of hydrogen-bond donors (Lipinski definition) is 2. The Bertz CT molecular complexity index is 705. The second-order valence-corrected chi connectivity index (χ2v) is 5.73. The van der Waals surface area contributed by atoms with Crippen molar-refractivity contribution >= 4 is 24.0 Å². The minimum absolute atomic E-state index is 0. The van der Waals surface area contributed by atoms with Gasteiger partial charge in [0, 0.05) is 11.7 Å². The fourth-order valence-corrected chi connectivity index (χ4v) is 2.34. The number of hydrogen-bond acceptors (Lipinski definition) is 5. The van der Waals surface area contributed by atoms with Crippen molar-refractivity contribution in [2.75, 3.05) is 26.1 Å². The van der Waals surface area contributed by atoms with Crippen molar-refractivity contribution in [2.45, 2.75) is 19.4 Å². The van der Waals surface area contributed by atoms with E-state index in [0.717, 1.165) is 17.7 Å². The van der Waals surface area contributed by atoms with Crippen molar-refractivity contribution in [3.63, 3.8) is 0 Å². The summed E-state index contributed by atoms with van der Waals surface area (Å²) in [6.07, 6.45) is 0.745. The maximum Gasteiger partial charge on any atom is 0.262 e. The zero-order valence-corrected chi connectivity index (χ0v) is 16.0. The summed E-state index contributed by atoms with van der Waals surface area (Å²) in [4.78, 5) is 12.0. The summed E-state index contributed by atoms with van der Waals surface area (Å²) in [5, 5.41) is 2.76. The Labute approximate surface area is 160 Å². The molecule has 0 spiro atoms. The molecule has 1 unspecified atom stereocenters. The van der Waals surface area contributed by atoms with Gasteiger partial charge in [0.15, 0.2) is 18.1 Å². The van der Waals surface area contributed by atoms with E-state index in [-0.39, 0.29) is 31.0 Å². The molecule has 0 aliphatic heterocycles. The number of nitrogens with two attached hydrogens (primary N) is 1. The first-order chi connectivity index (χ1) is 12.0. The summed E-state index contributed by atoms with van der Waals surface area (Å²) in [7, 11) is 3.16. The number of halogens is 1. The van der Waals surface area contributed by atoms with Crippen LogP contribution in [0.3, 0.4) is 0 Å². The highest BCUT2D eigenvalue weighted by molar-refractivity contribution is 5.91. The summed E-state index contributed by atoms with van der Waals surface area (Å²) in [5.41, 5.74) is 7.54. The molecule has 0 aliphatic carbocycles. The van der Waals surface area contributed by atoms with Crippen molar-refractivity contribution < 1.29 is 19.0 Å². The van der Waals surface area contributed by atoms with Gasteiger partial charge in [-0.1, -0.05) is 6.07 Å². The highest BCUT2D eigenvalue weighted by atomic mass is 35.5. The minimum Gasteiger partial charge on any atom is -0.497 e. The van der Waals surface area contributed by atoms with Gasteiger partial charge in [0.05, 0.1) is 14.2 Å². The van der Waals surface area contributed by atoms with Crippen LogP contribution >= 0.6 is 12.4 Å². The molecule has 142 valence electrons. The fraction of sp³-hybridized carbons (Fsp3) is 0.316. The average molecular weight is 381 g/mol. The third kappa shape index (κ3) is 6.46. The number of methoxy groups -OCH3 is 2. The molecular weight excluding hydrogens is 356 g/mol. The fourth-order valence-electron chi connectivity index (χ4n) is 2.34. The van der Waals surface area contributed by atoms with E-state index in [1.807, 2.05) is 19.1 Å². The van der Waals surface area contributed by atoms with Crippen molar-refractivity contribution in [1.82, 2.24) is 0 Å². The Hall–Kier alpha value is -2.44. The third-order valence-electron chi connectivity index (χ3n) is 3.52. The molecule has 1 amide bonds. The second kappa shape index (κ2) is 10.5. The van der Waals surface area contributed by atoms with E-state index in [1.165, 1.54) is 0 Å². The molecule has 7 heteroatoms. The summed E-state index contributed by atoms with van der Waals surface area (Å²) >= 11 is 0. The van der Waals surface area contributed by atoms with Crippen LogP contribution in [0.2, 0.25) is 0 Å². The van der Waals surface area contributed by atoms with Gasteiger partial charge < -0.3 is 25.3 Å². The summed E-state index contributed by atoms with van der Waals surface area (Å²) < 4.78 is 16.0. The number of ether oxygens (including phenoxy) is 3. The van der Waals surface area contributed by atoms with E-state index in [0.29, 0.717) is 17.2 Å². The summed E-state index contributed by atoms with van der Waals surface area (Å²) in [6.45, 7) is 1.83. The lowest BCUT2D eigenvalue weighted by molar-refractivity contribution is -0.118. The van der Waals surface area contributed by atoms with Crippen molar-refractivity contribution in [2.24, 2.45) is 5.73 Å². The van der Waals surface area contributed by atoms with E-state index in [4.69, 9.17) is 19.9 Å². The maximum absolute atomic E-state index is 12.0. The maximum atomic E-state index is 12.0. The van der Waals surface area contributed by atoms with Crippen LogP contribution in [0.4, 0.5) is 5.69 Å². The van der Waals surface area contributed by atoms with Gasteiger partial charge in [0.2, 0.25) is 0 Å². The average Bonchev–Trinajstić information content (AvgIpc) is 2.60. The summed E-state index contributed by atoms with van der Waals surface area (Å²) in [6, 6.07) is 12.7. The van der Waals surface area contributed by atoms with Crippen LogP contribution in [0, 0.1) is 0 Å². The quantitative estimate of drug-likeness (QED) is 0.735. The molecule has 0 radical (unpaired) electrons. The number of benzene rings is 2. The Balaban J connectivity index is 0.00000338.